The van der Waals surface area contributed by atoms with E-state index in [4.69, 9.17) is 0 Å². The van der Waals surface area contributed by atoms with Crippen LogP contribution in [0, 0.1) is 80.8 Å². The minimum Gasteiger partial charge on any atom is -0.393 e. The second-order valence-corrected chi connectivity index (χ2v) is 24.0. The minimum atomic E-state index is -0.440. The maximum Gasteiger partial charge on any atom is 0.132 e. The fourth-order valence-electron chi connectivity index (χ4n) is 17.6. The van der Waals surface area contributed by atoms with Crippen molar-refractivity contribution in [3.05, 3.63) is 23.3 Å². The molecule has 59 heavy (non-hydrogen) atoms. The van der Waals surface area contributed by atoms with Crippen molar-refractivity contribution in [2.45, 2.75) is 234 Å². The molecule has 336 valence electrons. The Bertz CT molecular complexity index is 1530. The number of fused-ring (bicyclic) bond motifs is 10. The Kier molecular flexibility index (Phi) is 14.0. The summed E-state index contributed by atoms with van der Waals surface area (Å²) in [5, 5.41) is 31.4. The molecule has 6 saturated carbocycles. The third kappa shape index (κ3) is 8.44. The van der Waals surface area contributed by atoms with E-state index in [1.54, 1.807) is 11.1 Å². The van der Waals surface area contributed by atoms with Crippen LogP contribution in [0.2, 0.25) is 0 Å². The summed E-state index contributed by atoms with van der Waals surface area (Å²) in [4.78, 5) is 11.8. The molecule has 8 aliphatic rings. The van der Waals surface area contributed by atoms with E-state index in [2.05, 4.69) is 67.5 Å². The monoisotopic (exact) mass is 817 g/mol. The first-order chi connectivity index (χ1) is 28.0. The van der Waals surface area contributed by atoms with Crippen LogP contribution < -0.4 is 0 Å². The molecule has 0 aromatic rings. The summed E-state index contributed by atoms with van der Waals surface area (Å²) in [6, 6.07) is 0. The lowest BCUT2D eigenvalue weighted by Gasteiger charge is -2.58. The van der Waals surface area contributed by atoms with Gasteiger partial charge in [0.2, 0.25) is 0 Å². The van der Waals surface area contributed by atoms with Crippen LogP contribution in [0.1, 0.15) is 216 Å². The summed E-state index contributed by atoms with van der Waals surface area (Å²) in [6.45, 7) is 21.6. The molecule has 6 fully saturated rings. The lowest BCUT2D eigenvalue weighted by Crippen LogP contribution is -2.50. The standard InChI is InChI=1S/C29H50O2.C26H42O2/c1-6-15-29(31,7-2)18-12-20(3)24-10-11-25-23-9-8-21-19-22(30)13-16-27(21,4)26(23)14-17-28(24,25)5;1-5-19(27)8-6-17(2)22-10-11-23-21-9-7-18-16-20(28)12-14-25(18,3)24(21)13-15-26(22,23)4/h8,20,22-26,30-31H,6-7,9-19H2,1-5H3;7,17,20-24,28H,5-6,8-16H2,1-4H3/t20-,22+,23+,24-,25+,26+,27+,28-,29?;17-,20+,21+,22-,23+,24+,25+,26-/m11/s1. The first-order valence-corrected chi connectivity index (χ1v) is 26.0. The number of rotatable bonds is 12. The molecule has 1 unspecified atom stereocenters. The van der Waals surface area contributed by atoms with Gasteiger partial charge in [-0.3, -0.25) is 4.79 Å². The lowest BCUT2D eigenvalue weighted by atomic mass is 9.47. The number of hydrogen-bond donors (Lipinski definition) is 3. The fourth-order valence-corrected chi connectivity index (χ4v) is 17.6. The van der Waals surface area contributed by atoms with Gasteiger partial charge in [-0.2, -0.15) is 0 Å². The minimum absolute atomic E-state index is 0.101. The van der Waals surface area contributed by atoms with Crippen LogP contribution in [0.3, 0.4) is 0 Å². The molecule has 0 saturated heterocycles. The van der Waals surface area contributed by atoms with Crippen molar-refractivity contribution < 1.29 is 20.1 Å². The van der Waals surface area contributed by atoms with Gasteiger partial charge in [0.25, 0.3) is 0 Å². The molecule has 0 amide bonds. The highest BCUT2D eigenvalue weighted by Crippen LogP contribution is 2.69. The molecule has 8 rings (SSSR count). The van der Waals surface area contributed by atoms with E-state index in [1.165, 1.54) is 83.5 Å². The van der Waals surface area contributed by atoms with E-state index < -0.39 is 5.60 Å². The van der Waals surface area contributed by atoms with E-state index in [9.17, 15) is 20.1 Å². The zero-order valence-electron chi connectivity index (χ0n) is 39.8. The van der Waals surface area contributed by atoms with Crippen molar-refractivity contribution in [1.29, 1.82) is 0 Å². The summed E-state index contributed by atoms with van der Waals surface area (Å²) < 4.78 is 0. The molecule has 4 heteroatoms. The predicted molar refractivity (Wildman–Crippen MR) is 245 cm³/mol. The molecule has 0 aliphatic heterocycles. The van der Waals surface area contributed by atoms with Gasteiger partial charge in [-0.1, -0.05) is 92.0 Å². The number of hydrogen-bond acceptors (Lipinski definition) is 4. The highest BCUT2D eigenvalue weighted by Gasteiger charge is 2.61. The van der Waals surface area contributed by atoms with E-state index in [1.807, 2.05) is 6.92 Å². The molecule has 0 radical (unpaired) electrons. The summed E-state index contributed by atoms with van der Waals surface area (Å²) in [7, 11) is 0. The van der Waals surface area contributed by atoms with E-state index in [0.29, 0.717) is 39.8 Å². The average molecular weight is 817 g/mol. The Labute approximate surface area is 363 Å². The van der Waals surface area contributed by atoms with Crippen molar-refractivity contribution >= 4 is 5.78 Å². The summed E-state index contributed by atoms with van der Waals surface area (Å²) in [6.07, 6.45) is 32.4. The predicted octanol–water partition coefficient (Wildman–Crippen LogP) is 13.6. The highest BCUT2D eigenvalue weighted by atomic mass is 16.3. The maximum atomic E-state index is 11.8. The highest BCUT2D eigenvalue weighted by molar-refractivity contribution is 5.77. The van der Waals surface area contributed by atoms with Crippen LogP contribution in [-0.4, -0.2) is 38.9 Å². The van der Waals surface area contributed by atoms with E-state index >= 15 is 0 Å². The van der Waals surface area contributed by atoms with Crippen LogP contribution >= 0.6 is 0 Å². The molecule has 0 heterocycles. The Morgan fingerprint density at radius 1 is 0.661 bits per heavy atom. The normalized spacial score (nSPS) is 45.6. The Hall–Kier alpha value is -0.970. The smallest absolute Gasteiger partial charge is 0.132 e. The van der Waals surface area contributed by atoms with Crippen LogP contribution in [0.4, 0.5) is 0 Å². The van der Waals surface area contributed by atoms with Gasteiger partial charge in [0, 0.05) is 12.8 Å². The van der Waals surface area contributed by atoms with Crippen LogP contribution in [0.25, 0.3) is 0 Å². The van der Waals surface area contributed by atoms with Crippen molar-refractivity contribution in [3.63, 3.8) is 0 Å². The van der Waals surface area contributed by atoms with Gasteiger partial charge in [-0.05, 0) is 216 Å². The molecule has 17 atom stereocenters. The SMILES string of the molecule is CCC(=O)CC[C@@H](C)[C@H]1CC[C@H]2[C@@H]3CC=C4C[C@@H](O)CC[C@]4(C)[C@H]3CC[C@]12C.CCCC(O)(CC)CC[C@@H](C)[C@H]1CC[C@H]2[C@@H]3CC=C4C[C@@H](O)CC[C@]4(C)[C@H]3CC[C@]12C. The first-order valence-electron chi connectivity index (χ1n) is 26.0. The zero-order valence-corrected chi connectivity index (χ0v) is 39.8. The van der Waals surface area contributed by atoms with E-state index in [0.717, 1.165) is 117 Å². The quantitative estimate of drug-likeness (QED) is 0.171. The third-order valence-corrected chi connectivity index (χ3v) is 21.4. The topological polar surface area (TPSA) is 77.8 Å². The van der Waals surface area contributed by atoms with Gasteiger partial charge in [-0.25, -0.2) is 0 Å². The van der Waals surface area contributed by atoms with Crippen molar-refractivity contribution in [2.75, 3.05) is 0 Å². The molecule has 8 aliphatic carbocycles. The van der Waals surface area contributed by atoms with Crippen LogP contribution in [-0.2, 0) is 4.79 Å². The van der Waals surface area contributed by atoms with Gasteiger partial charge in [0.15, 0.2) is 0 Å². The molecule has 0 spiro atoms. The molecule has 0 aromatic heterocycles. The van der Waals surface area contributed by atoms with Crippen molar-refractivity contribution in [3.8, 4) is 0 Å². The largest absolute Gasteiger partial charge is 0.393 e. The average Bonchev–Trinajstić information content (AvgIpc) is 3.76. The summed E-state index contributed by atoms with van der Waals surface area (Å²) in [5.41, 5.74) is 4.40. The molecular weight excluding hydrogens is 725 g/mol. The molecule has 0 bridgehead atoms. The molecular formula is C55H92O4. The van der Waals surface area contributed by atoms with Gasteiger partial charge >= 0.3 is 0 Å². The number of aliphatic hydroxyl groups is 3. The molecule has 3 N–H and O–H groups in total. The van der Waals surface area contributed by atoms with Crippen molar-refractivity contribution in [2.24, 2.45) is 80.8 Å². The fraction of sp³-hybridized carbons (Fsp3) is 0.909. The molecule has 0 aromatic carbocycles. The first kappa shape index (κ1) is 46.0. The zero-order chi connectivity index (χ0) is 42.5. The second-order valence-electron chi connectivity index (χ2n) is 24.0. The van der Waals surface area contributed by atoms with Crippen LogP contribution in [0.15, 0.2) is 23.3 Å². The Morgan fingerprint density at radius 3 is 1.58 bits per heavy atom. The summed E-state index contributed by atoms with van der Waals surface area (Å²) in [5.74, 6) is 8.56. The summed E-state index contributed by atoms with van der Waals surface area (Å²) >= 11 is 0. The van der Waals surface area contributed by atoms with E-state index in [-0.39, 0.29) is 12.2 Å². The Morgan fingerprint density at radius 2 is 1.14 bits per heavy atom. The van der Waals surface area contributed by atoms with Gasteiger partial charge in [0.1, 0.15) is 5.78 Å². The number of carbonyl (C=O) groups is 1. The van der Waals surface area contributed by atoms with Gasteiger partial charge in [-0.15, -0.1) is 0 Å². The van der Waals surface area contributed by atoms with Gasteiger partial charge < -0.3 is 15.3 Å². The number of aliphatic hydroxyl groups excluding tert-OH is 2. The number of carbonyl (C=O) groups excluding carboxylic acids is 1. The molecule has 4 nitrogen and oxygen atoms in total. The maximum absolute atomic E-state index is 11.8. The third-order valence-electron chi connectivity index (χ3n) is 21.4. The Balaban J connectivity index is 0.000000180. The van der Waals surface area contributed by atoms with Gasteiger partial charge in [0.05, 0.1) is 17.8 Å². The number of ketones is 1. The number of allylic oxidation sites excluding steroid dienone is 2. The van der Waals surface area contributed by atoms with Crippen molar-refractivity contribution in [1.82, 2.24) is 0 Å². The lowest BCUT2D eigenvalue weighted by molar-refractivity contribution is -0.119. The van der Waals surface area contributed by atoms with Crippen LogP contribution in [0.5, 0.6) is 0 Å². The number of Topliss-reactive ketones (excluding diaryl/α,β-unsaturated/α-hetero) is 1. The second kappa shape index (κ2) is 17.9.